The van der Waals surface area contributed by atoms with Gasteiger partial charge in [-0.1, -0.05) is 5.16 Å². The summed E-state index contributed by atoms with van der Waals surface area (Å²) < 4.78 is 17.8. The lowest BCUT2D eigenvalue weighted by Gasteiger charge is -2.10. The highest BCUT2D eigenvalue weighted by molar-refractivity contribution is 5.89. The van der Waals surface area contributed by atoms with Crippen LogP contribution < -0.4 is 4.74 Å². The fraction of sp³-hybridized carbons (Fsp3) is 0.235. The second kappa shape index (κ2) is 5.52. The van der Waals surface area contributed by atoms with E-state index in [1.165, 1.54) is 0 Å². The molecule has 24 heavy (non-hydrogen) atoms. The van der Waals surface area contributed by atoms with Crippen LogP contribution >= 0.6 is 0 Å². The van der Waals surface area contributed by atoms with Crippen molar-refractivity contribution in [3.05, 3.63) is 47.7 Å². The van der Waals surface area contributed by atoms with Gasteiger partial charge in [-0.2, -0.15) is 0 Å². The molecule has 0 spiro atoms. The van der Waals surface area contributed by atoms with Crippen LogP contribution in [0.1, 0.15) is 28.7 Å². The highest BCUT2D eigenvalue weighted by Crippen LogP contribution is 2.38. The molecule has 2 aromatic heterocycles. The van der Waals surface area contributed by atoms with Gasteiger partial charge in [0.2, 0.25) is 0 Å². The van der Waals surface area contributed by atoms with E-state index in [2.05, 4.69) is 10.1 Å². The molecule has 0 saturated heterocycles. The highest BCUT2D eigenvalue weighted by Gasteiger charge is 2.28. The predicted molar refractivity (Wildman–Crippen MR) is 84.4 cm³/mol. The molecule has 0 bridgehead atoms. The molecular formula is C17H15N3O4. The predicted octanol–water partition coefficient (Wildman–Crippen LogP) is 2.62. The number of ether oxygens (including phenoxy) is 2. The lowest BCUT2D eigenvalue weighted by molar-refractivity contribution is 0.0519. The van der Waals surface area contributed by atoms with E-state index in [0.29, 0.717) is 30.2 Å². The first-order valence-electron chi connectivity index (χ1n) is 7.58. The number of aromatic nitrogens is 3. The van der Waals surface area contributed by atoms with Crippen LogP contribution in [0.2, 0.25) is 0 Å². The number of esters is 1. The van der Waals surface area contributed by atoms with Crippen molar-refractivity contribution in [3.63, 3.8) is 0 Å². The van der Waals surface area contributed by atoms with E-state index >= 15 is 0 Å². The van der Waals surface area contributed by atoms with Crippen LogP contribution in [0.3, 0.4) is 0 Å². The molecule has 0 saturated carbocycles. The number of hydrogen-bond donors (Lipinski definition) is 0. The van der Waals surface area contributed by atoms with E-state index < -0.39 is 5.97 Å². The van der Waals surface area contributed by atoms with Gasteiger partial charge in [0, 0.05) is 17.5 Å². The fourth-order valence-electron chi connectivity index (χ4n) is 2.94. The fourth-order valence-corrected chi connectivity index (χ4v) is 2.94. The Balaban J connectivity index is 1.96. The van der Waals surface area contributed by atoms with Crippen LogP contribution in [-0.2, 0) is 11.2 Å². The van der Waals surface area contributed by atoms with Gasteiger partial charge < -0.3 is 18.6 Å². The lowest BCUT2D eigenvalue weighted by Crippen LogP contribution is -2.10. The molecule has 0 fully saturated rings. The minimum absolute atomic E-state index is 0.303. The molecule has 1 aliphatic rings. The Morgan fingerprint density at radius 1 is 1.42 bits per heavy atom. The average molecular weight is 325 g/mol. The van der Waals surface area contributed by atoms with Gasteiger partial charge in [-0.3, -0.25) is 0 Å². The lowest BCUT2D eigenvalue weighted by atomic mass is 10.1. The third-order valence-corrected chi connectivity index (χ3v) is 4.05. The number of fused-ring (bicyclic) bond motifs is 5. The molecule has 1 aliphatic heterocycles. The van der Waals surface area contributed by atoms with Gasteiger partial charge in [-0.25, -0.2) is 9.78 Å². The number of methoxy groups -OCH3 is 1. The minimum Gasteiger partial charge on any atom is -0.497 e. The van der Waals surface area contributed by atoms with Crippen molar-refractivity contribution in [3.8, 4) is 22.8 Å². The Kier molecular flexibility index (Phi) is 3.34. The Morgan fingerprint density at radius 3 is 3.08 bits per heavy atom. The molecule has 7 heteroatoms. The number of benzene rings is 1. The molecule has 7 nitrogen and oxygen atoms in total. The molecule has 0 aliphatic carbocycles. The van der Waals surface area contributed by atoms with E-state index in [9.17, 15) is 4.79 Å². The smallest absolute Gasteiger partial charge is 0.358 e. The molecule has 3 aromatic rings. The SMILES string of the molecule is CCOC(=O)c1ncn2c1Cc1cnoc1-c1cc(OC)ccc1-2. The van der Waals surface area contributed by atoms with E-state index in [-0.39, 0.29) is 0 Å². The Labute approximate surface area is 137 Å². The van der Waals surface area contributed by atoms with Gasteiger partial charge in [0.25, 0.3) is 0 Å². The van der Waals surface area contributed by atoms with E-state index in [4.69, 9.17) is 14.0 Å². The molecule has 4 rings (SSSR count). The van der Waals surface area contributed by atoms with Crippen molar-refractivity contribution >= 4 is 5.97 Å². The summed E-state index contributed by atoms with van der Waals surface area (Å²) >= 11 is 0. The van der Waals surface area contributed by atoms with Crippen LogP contribution in [0.25, 0.3) is 17.0 Å². The number of imidazole rings is 1. The van der Waals surface area contributed by atoms with Crippen molar-refractivity contribution in [2.75, 3.05) is 13.7 Å². The number of carbonyl (C=O) groups excluding carboxylic acids is 1. The van der Waals surface area contributed by atoms with Crippen molar-refractivity contribution in [2.24, 2.45) is 0 Å². The van der Waals surface area contributed by atoms with E-state index in [0.717, 1.165) is 22.5 Å². The average Bonchev–Trinajstić information content (AvgIpc) is 3.20. The van der Waals surface area contributed by atoms with Crippen molar-refractivity contribution in [1.29, 1.82) is 0 Å². The third-order valence-electron chi connectivity index (χ3n) is 4.05. The standard InChI is InChI=1S/C17H15N3O4/c1-3-23-17(21)15-14-6-10-8-19-24-16(10)12-7-11(22-2)4-5-13(12)20(14)9-18-15/h4-5,7-9H,3,6H2,1-2H3. The van der Waals surface area contributed by atoms with Gasteiger partial charge in [-0.15, -0.1) is 0 Å². The molecule has 1 aromatic carbocycles. The summed E-state index contributed by atoms with van der Waals surface area (Å²) in [7, 11) is 1.61. The first-order valence-corrected chi connectivity index (χ1v) is 7.58. The summed E-state index contributed by atoms with van der Waals surface area (Å²) in [6, 6.07) is 5.65. The summed E-state index contributed by atoms with van der Waals surface area (Å²) in [6.45, 7) is 2.07. The molecule has 122 valence electrons. The summed E-state index contributed by atoms with van der Waals surface area (Å²) in [6.07, 6.45) is 3.77. The van der Waals surface area contributed by atoms with Gasteiger partial charge in [0.15, 0.2) is 11.5 Å². The topological polar surface area (TPSA) is 79.4 Å². The monoisotopic (exact) mass is 325 g/mol. The van der Waals surface area contributed by atoms with Gasteiger partial charge in [0.1, 0.15) is 12.1 Å². The Morgan fingerprint density at radius 2 is 2.29 bits per heavy atom. The Hall–Kier alpha value is -3.09. The minimum atomic E-state index is -0.429. The quantitative estimate of drug-likeness (QED) is 0.539. The van der Waals surface area contributed by atoms with Gasteiger partial charge >= 0.3 is 5.97 Å². The summed E-state index contributed by atoms with van der Waals surface area (Å²) in [4.78, 5) is 16.5. The maximum Gasteiger partial charge on any atom is 0.358 e. The summed E-state index contributed by atoms with van der Waals surface area (Å²) in [5.74, 6) is 0.953. The van der Waals surface area contributed by atoms with Crippen molar-refractivity contribution in [1.82, 2.24) is 14.7 Å². The first-order chi connectivity index (χ1) is 11.7. The zero-order valence-electron chi connectivity index (χ0n) is 13.3. The third kappa shape index (κ3) is 2.09. The van der Waals surface area contributed by atoms with Crippen molar-refractivity contribution in [2.45, 2.75) is 13.3 Å². The second-order valence-electron chi connectivity index (χ2n) is 5.37. The first kappa shape index (κ1) is 14.5. The highest BCUT2D eigenvalue weighted by atomic mass is 16.5. The molecule has 0 radical (unpaired) electrons. The largest absolute Gasteiger partial charge is 0.497 e. The van der Waals surface area contributed by atoms with Crippen molar-refractivity contribution < 1.29 is 18.8 Å². The number of hydrogen-bond acceptors (Lipinski definition) is 6. The molecule has 3 heterocycles. The number of carbonyl (C=O) groups is 1. The second-order valence-corrected chi connectivity index (χ2v) is 5.37. The zero-order valence-corrected chi connectivity index (χ0v) is 13.3. The maximum atomic E-state index is 12.2. The molecule has 0 N–H and O–H groups in total. The number of rotatable bonds is 3. The Bertz CT molecular complexity index is 926. The normalized spacial score (nSPS) is 11.9. The van der Waals surface area contributed by atoms with Crippen LogP contribution in [0.15, 0.2) is 35.2 Å². The summed E-state index contributed by atoms with van der Waals surface area (Å²) in [5, 5.41) is 3.91. The van der Waals surface area contributed by atoms with Crippen LogP contribution in [-0.4, -0.2) is 34.4 Å². The number of nitrogens with zero attached hydrogens (tertiary/aromatic N) is 3. The molecule has 0 atom stereocenters. The zero-order chi connectivity index (χ0) is 16.7. The van der Waals surface area contributed by atoms with Crippen LogP contribution in [0.4, 0.5) is 0 Å². The molecule has 0 amide bonds. The van der Waals surface area contributed by atoms with E-state index in [1.807, 2.05) is 22.8 Å². The molecule has 0 unspecified atom stereocenters. The van der Waals surface area contributed by atoms with Gasteiger partial charge in [0.05, 0.1) is 31.3 Å². The summed E-state index contributed by atoms with van der Waals surface area (Å²) in [5.41, 5.74) is 3.64. The van der Waals surface area contributed by atoms with E-state index in [1.54, 1.807) is 26.6 Å². The van der Waals surface area contributed by atoms with Crippen LogP contribution in [0.5, 0.6) is 5.75 Å². The van der Waals surface area contributed by atoms with Gasteiger partial charge in [-0.05, 0) is 25.1 Å². The molecular weight excluding hydrogens is 310 g/mol. The van der Waals surface area contributed by atoms with Crippen LogP contribution in [0, 0.1) is 0 Å². The maximum absolute atomic E-state index is 12.2.